The smallest absolute Gasteiger partial charge is 0.326 e. The molecule has 0 saturated heterocycles. The largest absolute Gasteiger partial charge is 0.480 e. The van der Waals surface area contributed by atoms with Crippen molar-refractivity contribution in [2.24, 2.45) is 5.92 Å². The van der Waals surface area contributed by atoms with E-state index >= 15 is 0 Å². The highest BCUT2D eigenvalue weighted by Crippen LogP contribution is 2.09. The number of benzene rings is 1. The number of amides is 2. The molecule has 0 unspecified atom stereocenters. The second-order valence-corrected chi connectivity index (χ2v) is 5.79. The predicted octanol–water partition coefficient (Wildman–Crippen LogP) is 1.24. The number of carboxylic acid groups (broad SMARTS) is 1. The Balaban J connectivity index is 2.46. The first kappa shape index (κ1) is 19.5. The van der Waals surface area contributed by atoms with Crippen LogP contribution in [0.3, 0.4) is 0 Å². The zero-order valence-corrected chi connectivity index (χ0v) is 13.4. The fourth-order valence-corrected chi connectivity index (χ4v) is 2.01. The summed E-state index contributed by atoms with van der Waals surface area (Å²) >= 11 is 0. The maximum atomic E-state index is 13.0. The second kappa shape index (κ2) is 8.95. The van der Waals surface area contributed by atoms with Crippen LogP contribution in [0.25, 0.3) is 0 Å². The van der Waals surface area contributed by atoms with Crippen LogP contribution in [-0.2, 0) is 20.8 Å². The lowest BCUT2D eigenvalue weighted by molar-refractivity contribution is -0.142. The molecule has 1 atom stereocenters. The summed E-state index contributed by atoms with van der Waals surface area (Å²) in [5.74, 6) is -4.34. The number of nitrogens with one attached hydrogen (secondary N) is 2. The van der Waals surface area contributed by atoms with E-state index in [2.05, 4.69) is 10.6 Å². The van der Waals surface area contributed by atoms with Gasteiger partial charge < -0.3 is 15.7 Å². The lowest BCUT2D eigenvalue weighted by Gasteiger charge is -2.16. The predicted molar refractivity (Wildman–Crippen MR) is 82.1 cm³/mol. The highest BCUT2D eigenvalue weighted by Gasteiger charge is 2.21. The summed E-state index contributed by atoms with van der Waals surface area (Å²) in [4.78, 5) is 34.4. The average molecular weight is 342 g/mol. The number of carboxylic acids is 1. The second-order valence-electron chi connectivity index (χ2n) is 5.79. The van der Waals surface area contributed by atoms with Crippen molar-refractivity contribution in [3.8, 4) is 0 Å². The van der Waals surface area contributed by atoms with Crippen molar-refractivity contribution in [2.75, 3.05) is 6.54 Å². The molecular formula is C16H20F2N2O4. The highest BCUT2D eigenvalue weighted by molar-refractivity contribution is 5.88. The third-order valence-electron chi connectivity index (χ3n) is 3.14. The van der Waals surface area contributed by atoms with Crippen LogP contribution in [0.15, 0.2) is 18.2 Å². The van der Waals surface area contributed by atoms with Gasteiger partial charge in [-0.2, -0.15) is 0 Å². The van der Waals surface area contributed by atoms with Gasteiger partial charge in [-0.15, -0.1) is 0 Å². The van der Waals surface area contributed by atoms with Crippen LogP contribution in [0.4, 0.5) is 8.78 Å². The van der Waals surface area contributed by atoms with Crippen LogP contribution in [0.1, 0.15) is 25.8 Å². The number of carbonyl (C=O) groups excluding carboxylic acids is 2. The fraction of sp³-hybridized carbons (Fsp3) is 0.438. The number of aliphatic carboxylic acids is 1. The SMILES string of the molecule is CC(C)C[C@H](NC(=O)CNC(=O)Cc1ccc(F)c(F)c1)C(=O)O. The van der Waals surface area contributed by atoms with E-state index in [0.717, 1.165) is 12.1 Å². The molecule has 0 heterocycles. The molecule has 0 saturated carbocycles. The van der Waals surface area contributed by atoms with Crippen molar-refractivity contribution < 1.29 is 28.3 Å². The number of hydrogen-bond donors (Lipinski definition) is 3. The number of rotatable bonds is 8. The monoisotopic (exact) mass is 342 g/mol. The van der Waals surface area contributed by atoms with E-state index in [4.69, 9.17) is 5.11 Å². The molecule has 1 aromatic rings. The lowest BCUT2D eigenvalue weighted by atomic mass is 10.0. The molecule has 0 fully saturated rings. The Morgan fingerprint density at radius 2 is 1.79 bits per heavy atom. The van der Waals surface area contributed by atoms with Gasteiger partial charge in [0, 0.05) is 0 Å². The maximum absolute atomic E-state index is 13.0. The summed E-state index contributed by atoms with van der Waals surface area (Å²) in [6, 6.07) is 2.05. The standard InChI is InChI=1S/C16H20F2N2O4/c1-9(2)5-13(16(23)24)20-15(22)8-19-14(21)7-10-3-4-11(17)12(18)6-10/h3-4,6,9,13H,5,7-8H2,1-2H3,(H,19,21)(H,20,22)(H,23,24)/t13-/m0/s1. The van der Waals surface area contributed by atoms with Crippen LogP contribution in [0.5, 0.6) is 0 Å². The van der Waals surface area contributed by atoms with Crippen LogP contribution >= 0.6 is 0 Å². The van der Waals surface area contributed by atoms with Gasteiger partial charge >= 0.3 is 5.97 Å². The molecule has 132 valence electrons. The first-order valence-corrected chi connectivity index (χ1v) is 7.41. The average Bonchev–Trinajstić information content (AvgIpc) is 2.48. The van der Waals surface area contributed by atoms with E-state index < -0.39 is 42.0 Å². The highest BCUT2D eigenvalue weighted by atomic mass is 19.2. The molecule has 0 aliphatic heterocycles. The van der Waals surface area contributed by atoms with Crippen LogP contribution in [0.2, 0.25) is 0 Å². The number of carbonyl (C=O) groups is 3. The molecule has 6 nitrogen and oxygen atoms in total. The maximum Gasteiger partial charge on any atom is 0.326 e. The van der Waals surface area contributed by atoms with E-state index in [1.165, 1.54) is 6.07 Å². The summed E-state index contributed by atoms with van der Waals surface area (Å²) in [5, 5.41) is 13.6. The van der Waals surface area contributed by atoms with E-state index in [9.17, 15) is 23.2 Å². The van der Waals surface area contributed by atoms with Gasteiger partial charge in [0.2, 0.25) is 11.8 Å². The molecule has 0 spiro atoms. The Morgan fingerprint density at radius 1 is 1.12 bits per heavy atom. The molecule has 24 heavy (non-hydrogen) atoms. The van der Waals surface area contributed by atoms with E-state index in [1.54, 1.807) is 0 Å². The molecule has 0 aromatic heterocycles. The summed E-state index contributed by atoms with van der Waals surface area (Å²) in [6.07, 6.45) is 0.0444. The van der Waals surface area contributed by atoms with Crippen molar-refractivity contribution in [1.82, 2.24) is 10.6 Å². The topological polar surface area (TPSA) is 95.5 Å². The van der Waals surface area contributed by atoms with Crippen molar-refractivity contribution >= 4 is 17.8 Å². The third-order valence-corrected chi connectivity index (χ3v) is 3.14. The molecule has 0 aliphatic carbocycles. The fourth-order valence-electron chi connectivity index (χ4n) is 2.01. The van der Waals surface area contributed by atoms with Crippen molar-refractivity contribution in [1.29, 1.82) is 0 Å². The van der Waals surface area contributed by atoms with Crippen molar-refractivity contribution in [3.63, 3.8) is 0 Å². The molecule has 1 rings (SSSR count). The summed E-state index contributed by atoms with van der Waals surface area (Å²) in [5.41, 5.74) is 0.259. The molecule has 0 bridgehead atoms. The molecule has 2 amide bonds. The van der Waals surface area contributed by atoms with Crippen molar-refractivity contribution in [2.45, 2.75) is 32.7 Å². The summed E-state index contributed by atoms with van der Waals surface area (Å²) in [6.45, 7) is 3.25. The van der Waals surface area contributed by atoms with Crippen LogP contribution < -0.4 is 10.6 Å². The minimum Gasteiger partial charge on any atom is -0.480 e. The van der Waals surface area contributed by atoms with Crippen LogP contribution in [0, 0.1) is 17.6 Å². The summed E-state index contributed by atoms with van der Waals surface area (Å²) < 4.78 is 25.8. The molecular weight excluding hydrogens is 322 g/mol. The third kappa shape index (κ3) is 6.72. The first-order valence-electron chi connectivity index (χ1n) is 7.41. The zero-order chi connectivity index (χ0) is 18.3. The normalized spacial score (nSPS) is 11.9. The van der Waals surface area contributed by atoms with Gasteiger partial charge in [0.1, 0.15) is 6.04 Å². The van der Waals surface area contributed by atoms with Gasteiger partial charge in [-0.3, -0.25) is 9.59 Å². The first-order chi connectivity index (χ1) is 11.2. The van der Waals surface area contributed by atoms with E-state index in [0.29, 0.717) is 0 Å². The molecule has 3 N–H and O–H groups in total. The Morgan fingerprint density at radius 3 is 2.33 bits per heavy atom. The van der Waals surface area contributed by atoms with Gasteiger partial charge in [0.25, 0.3) is 0 Å². The van der Waals surface area contributed by atoms with Gasteiger partial charge in [0.05, 0.1) is 13.0 Å². The summed E-state index contributed by atoms with van der Waals surface area (Å²) in [7, 11) is 0. The van der Waals surface area contributed by atoms with Crippen LogP contribution in [-0.4, -0.2) is 35.5 Å². The van der Waals surface area contributed by atoms with Crippen molar-refractivity contribution in [3.05, 3.63) is 35.4 Å². The van der Waals surface area contributed by atoms with E-state index in [1.807, 2.05) is 13.8 Å². The van der Waals surface area contributed by atoms with E-state index in [-0.39, 0.29) is 24.3 Å². The van der Waals surface area contributed by atoms with Gasteiger partial charge in [-0.1, -0.05) is 19.9 Å². The Bertz CT molecular complexity index is 620. The minimum atomic E-state index is -1.15. The minimum absolute atomic E-state index is 0.0781. The molecule has 0 aliphatic rings. The zero-order valence-electron chi connectivity index (χ0n) is 13.4. The van der Waals surface area contributed by atoms with Gasteiger partial charge in [0.15, 0.2) is 11.6 Å². The quantitative estimate of drug-likeness (QED) is 0.662. The molecule has 0 radical (unpaired) electrons. The lowest BCUT2D eigenvalue weighted by Crippen LogP contribution is -2.46. The Labute approximate surface area is 138 Å². The molecule has 1 aromatic carbocycles. The Hall–Kier alpha value is -2.51. The Kier molecular flexibility index (Phi) is 7.29. The van der Waals surface area contributed by atoms with Gasteiger partial charge in [-0.05, 0) is 30.0 Å². The number of halogens is 2. The van der Waals surface area contributed by atoms with Gasteiger partial charge in [-0.25, -0.2) is 13.6 Å². The number of hydrogen-bond acceptors (Lipinski definition) is 3. The molecule has 8 heteroatoms.